The highest BCUT2D eigenvalue weighted by Gasteiger charge is 2.36. The molecule has 218 valence electrons. The van der Waals surface area contributed by atoms with Crippen molar-refractivity contribution >= 4 is 27.8 Å². The standard InChI is InChI=1S/C29H27BrF3N7O2/c1-5-16(2)36-28-37-24-15-39(26(41)18-6-8-23(30)22(11-18)29(31,32)33)17(3)10-21(24)27(42)40(28)25-9-7-19(12-34-25)20-13-35-38(4)14-20/h5-9,11-14,16-17H,1,10,15H2,2-4H3,(H,36,37)/t16-,17+/m0/s1. The summed E-state index contributed by atoms with van der Waals surface area (Å²) in [5, 5.41) is 7.34. The van der Waals surface area contributed by atoms with Gasteiger partial charge in [-0.1, -0.05) is 22.0 Å². The molecule has 9 nitrogen and oxygen atoms in total. The second-order valence-electron chi connectivity index (χ2n) is 10.2. The third kappa shape index (κ3) is 5.60. The van der Waals surface area contributed by atoms with Crippen LogP contribution in [0.25, 0.3) is 16.9 Å². The summed E-state index contributed by atoms with van der Waals surface area (Å²) in [6, 6.07) is 6.20. The van der Waals surface area contributed by atoms with E-state index in [4.69, 9.17) is 4.98 Å². The van der Waals surface area contributed by atoms with Gasteiger partial charge >= 0.3 is 6.18 Å². The van der Waals surface area contributed by atoms with Crippen LogP contribution in [0.3, 0.4) is 0 Å². The number of halogens is 4. The second kappa shape index (κ2) is 11.2. The van der Waals surface area contributed by atoms with Gasteiger partial charge in [-0.05, 0) is 50.6 Å². The first-order chi connectivity index (χ1) is 19.9. The molecule has 1 aliphatic heterocycles. The largest absolute Gasteiger partial charge is 0.417 e. The first-order valence-corrected chi connectivity index (χ1v) is 13.8. The zero-order valence-electron chi connectivity index (χ0n) is 23.0. The topological polar surface area (TPSA) is 97.9 Å². The van der Waals surface area contributed by atoms with Crippen LogP contribution in [0, 0.1) is 0 Å². The number of nitrogens with zero attached hydrogens (tertiary/aromatic N) is 6. The van der Waals surface area contributed by atoms with Gasteiger partial charge in [0.25, 0.3) is 11.5 Å². The van der Waals surface area contributed by atoms with Crippen molar-refractivity contribution in [2.24, 2.45) is 7.05 Å². The molecule has 5 rings (SSSR count). The van der Waals surface area contributed by atoms with Crippen molar-refractivity contribution < 1.29 is 18.0 Å². The highest BCUT2D eigenvalue weighted by Crippen LogP contribution is 2.36. The van der Waals surface area contributed by atoms with Gasteiger partial charge in [-0.2, -0.15) is 18.3 Å². The molecular formula is C29H27BrF3N7O2. The summed E-state index contributed by atoms with van der Waals surface area (Å²) in [5.41, 5.74) is 1.08. The van der Waals surface area contributed by atoms with Crippen LogP contribution >= 0.6 is 15.9 Å². The molecule has 0 saturated carbocycles. The van der Waals surface area contributed by atoms with Crippen molar-refractivity contribution in [2.45, 2.75) is 45.1 Å². The van der Waals surface area contributed by atoms with E-state index in [0.717, 1.165) is 17.2 Å². The molecule has 3 aromatic heterocycles. The number of aromatic nitrogens is 5. The van der Waals surface area contributed by atoms with Gasteiger partial charge in [0.1, 0.15) is 5.82 Å². The Labute approximate surface area is 247 Å². The van der Waals surface area contributed by atoms with Crippen LogP contribution in [0.4, 0.5) is 19.1 Å². The number of benzene rings is 1. The molecule has 0 unspecified atom stereocenters. The van der Waals surface area contributed by atoms with Gasteiger partial charge in [0.15, 0.2) is 0 Å². The highest BCUT2D eigenvalue weighted by molar-refractivity contribution is 9.10. The number of alkyl halides is 3. The van der Waals surface area contributed by atoms with Crippen LogP contribution in [0.5, 0.6) is 0 Å². The van der Waals surface area contributed by atoms with Gasteiger partial charge in [-0.25, -0.2) is 14.5 Å². The molecule has 42 heavy (non-hydrogen) atoms. The number of fused-ring (bicyclic) bond motifs is 1. The number of rotatable bonds is 6. The summed E-state index contributed by atoms with van der Waals surface area (Å²) >= 11 is 2.91. The average Bonchev–Trinajstić information content (AvgIpc) is 3.39. The summed E-state index contributed by atoms with van der Waals surface area (Å²) in [6.45, 7) is 7.33. The molecule has 2 atom stereocenters. The van der Waals surface area contributed by atoms with Crippen LogP contribution in [0.2, 0.25) is 0 Å². The fourth-order valence-electron chi connectivity index (χ4n) is 4.80. The van der Waals surface area contributed by atoms with Gasteiger partial charge in [0.2, 0.25) is 5.95 Å². The van der Waals surface area contributed by atoms with E-state index in [0.29, 0.717) is 17.1 Å². The van der Waals surface area contributed by atoms with Crippen LogP contribution in [-0.2, 0) is 26.2 Å². The van der Waals surface area contributed by atoms with Crippen LogP contribution in [-0.4, -0.2) is 47.2 Å². The minimum Gasteiger partial charge on any atom is -0.349 e. The Morgan fingerprint density at radius 1 is 1.21 bits per heavy atom. The molecule has 0 spiro atoms. The molecule has 1 aromatic carbocycles. The number of hydrogen-bond donors (Lipinski definition) is 1. The van der Waals surface area contributed by atoms with E-state index in [1.807, 2.05) is 26.2 Å². The lowest BCUT2D eigenvalue weighted by molar-refractivity contribution is -0.138. The van der Waals surface area contributed by atoms with E-state index in [2.05, 4.69) is 37.9 Å². The minimum absolute atomic E-state index is 0.0483. The maximum Gasteiger partial charge on any atom is 0.417 e. The molecule has 1 aliphatic rings. The van der Waals surface area contributed by atoms with Gasteiger partial charge < -0.3 is 10.2 Å². The molecule has 4 heterocycles. The highest BCUT2D eigenvalue weighted by atomic mass is 79.9. The SMILES string of the molecule is C=C[C@H](C)Nc1nc2c(c(=O)n1-c1ccc(-c3cnn(C)c3)cn1)C[C@@H](C)N(C(=O)c1ccc(Br)c(C(F)(F)F)c1)C2. The van der Waals surface area contributed by atoms with Gasteiger partial charge in [-0.15, -0.1) is 6.58 Å². The number of carbonyl (C=O) groups excluding carboxylic acids is 1. The lowest BCUT2D eigenvalue weighted by Crippen LogP contribution is -2.46. The third-order valence-electron chi connectivity index (χ3n) is 7.12. The smallest absolute Gasteiger partial charge is 0.349 e. The predicted octanol–water partition coefficient (Wildman–Crippen LogP) is 5.38. The molecule has 13 heteroatoms. The van der Waals surface area contributed by atoms with Crippen LogP contribution < -0.4 is 10.9 Å². The molecule has 0 saturated heterocycles. The molecule has 4 aromatic rings. The lowest BCUT2D eigenvalue weighted by atomic mass is 9.98. The number of anilines is 1. The first-order valence-electron chi connectivity index (χ1n) is 13.0. The Morgan fingerprint density at radius 3 is 2.60 bits per heavy atom. The van der Waals surface area contributed by atoms with Crippen molar-refractivity contribution in [3.63, 3.8) is 0 Å². The van der Waals surface area contributed by atoms with E-state index < -0.39 is 23.7 Å². The Kier molecular flexibility index (Phi) is 7.80. The van der Waals surface area contributed by atoms with Crippen molar-refractivity contribution in [3.05, 3.63) is 98.8 Å². The number of pyridine rings is 1. The first kappa shape index (κ1) is 29.2. The summed E-state index contributed by atoms with van der Waals surface area (Å²) in [5.74, 6) is -0.0288. The average molecular weight is 642 g/mol. The molecule has 0 radical (unpaired) electrons. The quantitative estimate of drug-likeness (QED) is 0.284. The van der Waals surface area contributed by atoms with E-state index in [-0.39, 0.29) is 40.6 Å². The summed E-state index contributed by atoms with van der Waals surface area (Å²) in [7, 11) is 1.82. The second-order valence-corrected chi connectivity index (χ2v) is 11.0. The Hall–Kier alpha value is -4.26. The Bertz CT molecular complexity index is 1730. The molecule has 0 aliphatic carbocycles. The van der Waals surface area contributed by atoms with Gasteiger partial charge in [-0.3, -0.25) is 14.3 Å². The number of hydrogen-bond acceptors (Lipinski definition) is 6. The number of amides is 1. The van der Waals surface area contributed by atoms with E-state index in [9.17, 15) is 22.8 Å². The Morgan fingerprint density at radius 2 is 1.98 bits per heavy atom. The van der Waals surface area contributed by atoms with Crippen molar-refractivity contribution in [1.29, 1.82) is 0 Å². The lowest BCUT2D eigenvalue weighted by Gasteiger charge is -2.35. The predicted molar refractivity (Wildman–Crippen MR) is 155 cm³/mol. The van der Waals surface area contributed by atoms with Crippen LogP contribution in [0.15, 0.2) is 70.8 Å². The molecule has 1 N–H and O–H groups in total. The van der Waals surface area contributed by atoms with Gasteiger partial charge in [0, 0.05) is 58.3 Å². The maximum absolute atomic E-state index is 13.9. The Balaban J connectivity index is 1.53. The van der Waals surface area contributed by atoms with Gasteiger partial charge in [0.05, 0.1) is 24.0 Å². The monoisotopic (exact) mass is 641 g/mol. The summed E-state index contributed by atoms with van der Waals surface area (Å²) < 4.78 is 43.4. The fourth-order valence-corrected chi connectivity index (χ4v) is 5.27. The van der Waals surface area contributed by atoms with E-state index in [1.165, 1.54) is 21.6 Å². The fraction of sp³-hybridized carbons (Fsp3) is 0.276. The van der Waals surface area contributed by atoms with Crippen LogP contribution in [0.1, 0.15) is 41.0 Å². The molecular weight excluding hydrogens is 615 g/mol. The number of aryl methyl sites for hydroxylation is 1. The number of carbonyl (C=O) groups is 1. The number of nitrogens with one attached hydrogen (secondary N) is 1. The van der Waals surface area contributed by atoms with E-state index in [1.54, 1.807) is 36.1 Å². The molecule has 1 amide bonds. The summed E-state index contributed by atoms with van der Waals surface area (Å²) in [6.07, 6.45) is 2.41. The van der Waals surface area contributed by atoms with Crippen molar-refractivity contribution in [3.8, 4) is 16.9 Å². The minimum atomic E-state index is -4.63. The zero-order valence-corrected chi connectivity index (χ0v) is 24.6. The summed E-state index contributed by atoms with van der Waals surface area (Å²) in [4.78, 5) is 38.0. The third-order valence-corrected chi connectivity index (χ3v) is 7.81. The van der Waals surface area contributed by atoms with E-state index >= 15 is 0 Å². The molecule has 0 fully saturated rings. The normalized spacial score (nSPS) is 15.7. The maximum atomic E-state index is 13.9. The van der Waals surface area contributed by atoms with Crippen molar-refractivity contribution in [1.82, 2.24) is 29.2 Å². The molecule has 0 bridgehead atoms. The van der Waals surface area contributed by atoms with Crippen molar-refractivity contribution in [2.75, 3.05) is 5.32 Å². The zero-order chi connectivity index (χ0) is 30.3.